The molecule has 1 spiro atoms. The van der Waals surface area contributed by atoms with Crippen LogP contribution in [0, 0.1) is 0 Å². The van der Waals surface area contributed by atoms with Gasteiger partial charge >= 0.3 is 12.1 Å². The number of methoxy groups -OCH3 is 1. The Balaban J connectivity index is 1.38. The second-order valence-corrected chi connectivity index (χ2v) is 9.42. The van der Waals surface area contributed by atoms with Crippen LogP contribution in [0.4, 0.5) is 4.79 Å². The summed E-state index contributed by atoms with van der Waals surface area (Å²) in [5.74, 6) is 1.13. The zero-order valence-corrected chi connectivity index (χ0v) is 18.7. The maximum atomic E-state index is 13.2. The van der Waals surface area contributed by atoms with E-state index in [9.17, 15) is 9.59 Å². The molecule has 1 aliphatic carbocycles. The third-order valence-electron chi connectivity index (χ3n) is 7.67. The second-order valence-electron chi connectivity index (χ2n) is 9.42. The van der Waals surface area contributed by atoms with Gasteiger partial charge in [-0.05, 0) is 48.4 Å². The van der Waals surface area contributed by atoms with Crippen molar-refractivity contribution in [2.24, 2.45) is 0 Å². The van der Waals surface area contributed by atoms with E-state index in [0.717, 1.165) is 42.4 Å². The molecule has 1 unspecified atom stereocenters. The van der Waals surface area contributed by atoms with Gasteiger partial charge in [0.05, 0.1) is 13.2 Å². The lowest BCUT2D eigenvalue weighted by molar-refractivity contribution is -0.164. The summed E-state index contributed by atoms with van der Waals surface area (Å²) in [4.78, 5) is 27.2. The van der Waals surface area contributed by atoms with Crippen molar-refractivity contribution in [1.82, 2.24) is 4.90 Å². The third-order valence-corrected chi connectivity index (χ3v) is 7.67. The van der Waals surface area contributed by atoms with Crippen LogP contribution in [-0.4, -0.2) is 36.9 Å². The van der Waals surface area contributed by atoms with Crippen molar-refractivity contribution in [3.8, 4) is 11.5 Å². The molecule has 0 radical (unpaired) electrons. The Morgan fingerprint density at radius 2 is 2.03 bits per heavy atom. The lowest BCUT2D eigenvalue weighted by Crippen LogP contribution is -2.48. The first-order valence-electron chi connectivity index (χ1n) is 11.7. The minimum absolute atomic E-state index is 0.0673. The average Bonchev–Trinajstić information content (AvgIpc) is 2.96. The van der Waals surface area contributed by atoms with E-state index in [1.165, 1.54) is 5.56 Å². The monoisotopic (exact) mass is 449 g/mol. The van der Waals surface area contributed by atoms with Crippen LogP contribution in [0.2, 0.25) is 0 Å². The lowest BCUT2D eigenvalue weighted by atomic mass is 9.61. The molecule has 2 aromatic rings. The van der Waals surface area contributed by atoms with Crippen LogP contribution in [-0.2, 0) is 32.7 Å². The number of esters is 1. The predicted molar refractivity (Wildman–Crippen MR) is 118 cm³/mol. The van der Waals surface area contributed by atoms with Crippen molar-refractivity contribution in [3.63, 3.8) is 0 Å². The standard InChI is InChI=1S/C26H27NO6/c1-30-19-13-17-9-12-27(25(29)31-15-16-5-3-2-4-6-16)18-7-10-26-11-8-20(28)32-21(14-26)33-24(19)23(26)22(17)18/h2-6,13,18,21H,7-12,14-15H2,1H3/t18-,21?,26+/m1/s1. The Morgan fingerprint density at radius 3 is 2.85 bits per heavy atom. The molecule has 0 aromatic heterocycles. The normalized spacial score (nSPS) is 26.9. The molecule has 172 valence electrons. The molecule has 2 bridgehead atoms. The molecule has 2 aromatic carbocycles. The fourth-order valence-corrected chi connectivity index (χ4v) is 6.16. The molecule has 1 saturated heterocycles. The lowest BCUT2D eigenvalue weighted by Gasteiger charge is -2.50. The van der Waals surface area contributed by atoms with Crippen molar-refractivity contribution in [2.45, 2.75) is 62.9 Å². The fraction of sp³-hybridized carbons (Fsp3) is 0.462. The SMILES string of the molecule is COc1cc2c3c4c1OC1C[C@@]4(CCC(=O)O1)CC[C@H]3N(C(=O)OCc1ccccc1)CC2. The van der Waals surface area contributed by atoms with E-state index in [2.05, 4.69) is 0 Å². The fourth-order valence-electron chi connectivity index (χ4n) is 6.16. The van der Waals surface area contributed by atoms with Crippen LogP contribution in [0.3, 0.4) is 0 Å². The average molecular weight is 450 g/mol. The summed E-state index contributed by atoms with van der Waals surface area (Å²) in [5, 5.41) is 0. The van der Waals surface area contributed by atoms with Gasteiger partial charge < -0.3 is 23.8 Å². The van der Waals surface area contributed by atoms with Crippen LogP contribution in [0.15, 0.2) is 36.4 Å². The van der Waals surface area contributed by atoms with Gasteiger partial charge in [0.25, 0.3) is 0 Å². The zero-order valence-electron chi connectivity index (χ0n) is 18.7. The Labute approximate surface area is 192 Å². The van der Waals surface area contributed by atoms with E-state index in [-0.39, 0.29) is 30.1 Å². The molecule has 1 fully saturated rings. The molecule has 3 atom stereocenters. The molecule has 1 amide bonds. The topological polar surface area (TPSA) is 74.3 Å². The van der Waals surface area contributed by atoms with Crippen LogP contribution in [0.5, 0.6) is 11.5 Å². The van der Waals surface area contributed by atoms with Crippen molar-refractivity contribution < 1.29 is 28.5 Å². The van der Waals surface area contributed by atoms with Crippen LogP contribution in [0.25, 0.3) is 0 Å². The summed E-state index contributed by atoms with van der Waals surface area (Å²) in [6, 6.07) is 11.7. The Hall–Kier alpha value is -3.22. The minimum Gasteiger partial charge on any atom is -0.493 e. The maximum Gasteiger partial charge on any atom is 0.410 e. The number of carbonyl (C=O) groups excluding carboxylic acids is 2. The van der Waals surface area contributed by atoms with Gasteiger partial charge in [-0.15, -0.1) is 0 Å². The van der Waals surface area contributed by atoms with E-state index < -0.39 is 6.29 Å². The summed E-state index contributed by atoms with van der Waals surface area (Å²) in [7, 11) is 1.64. The molecule has 3 aliphatic heterocycles. The Morgan fingerprint density at radius 1 is 1.18 bits per heavy atom. The molecule has 0 N–H and O–H groups in total. The van der Waals surface area contributed by atoms with Crippen LogP contribution in [0.1, 0.15) is 60.4 Å². The quantitative estimate of drug-likeness (QED) is 0.647. The van der Waals surface area contributed by atoms with E-state index in [4.69, 9.17) is 18.9 Å². The van der Waals surface area contributed by atoms with Crippen LogP contribution < -0.4 is 9.47 Å². The molecule has 0 saturated carbocycles. The number of rotatable bonds is 3. The van der Waals surface area contributed by atoms with Gasteiger partial charge in [0.1, 0.15) is 6.61 Å². The number of fused-ring (bicyclic) bond motifs is 1. The number of ether oxygens (including phenoxy) is 4. The molecule has 33 heavy (non-hydrogen) atoms. The highest BCUT2D eigenvalue weighted by Gasteiger charge is 2.53. The van der Waals surface area contributed by atoms with Gasteiger partial charge in [0.2, 0.25) is 6.29 Å². The number of carbonyl (C=O) groups is 2. The first-order valence-corrected chi connectivity index (χ1v) is 11.7. The van der Waals surface area contributed by atoms with Crippen molar-refractivity contribution in [2.75, 3.05) is 13.7 Å². The van der Waals surface area contributed by atoms with Crippen molar-refractivity contribution in [1.29, 1.82) is 0 Å². The summed E-state index contributed by atoms with van der Waals surface area (Å²) in [5.41, 5.74) is 4.24. The highest BCUT2D eigenvalue weighted by atomic mass is 16.7. The summed E-state index contributed by atoms with van der Waals surface area (Å²) in [6.07, 6.45) is 3.29. The summed E-state index contributed by atoms with van der Waals surface area (Å²) in [6.45, 7) is 0.857. The van der Waals surface area contributed by atoms with E-state index in [0.29, 0.717) is 30.9 Å². The maximum absolute atomic E-state index is 13.2. The minimum atomic E-state index is -0.591. The Bertz CT molecular complexity index is 1120. The number of nitrogens with zero attached hydrogens (tertiary/aromatic N) is 1. The zero-order chi connectivity index (χ0) is 22.6. The molecule has 3 heterocycles. The van der Waals surface area contributed by atoms with E-state index in [1.807, 2.05) is 41.3 Å². The van der Waals surface area contributed by atoms with Gasteiger partial charge in [-0.2, -0.15) is 0 Å². The molecular formula is C26H27NO6. The first kappa shape index (κ1) is 20.4. The first-order chi connectivity index (χ1) is 16.1. The van der Waals surface area contributed by atoms with Gasteiger partial charge in [0.15, 0.2) is 11.5 Å². The van der Waals surface area contributed by atoms with E-state index in [1.54, 1.807) is 7.11 Å². The van der Waals surface area contributed by atoms with Gasteiger partial charge in [-0.1, -0.05) is 30.3 Å². The largest absolute Gasteiger partial charge is 0.493 e. The summed E-state index contributed by atoms with van der Waals surface area (Å²) >= 11 is 0. The van der Waals surface area contributed by atoms with Crippen molar-refractivity contribution >= 4 is 12.1 Å². The van der Waals surface area contributed by atoms with E-state index >= 15 is 0 Å². The number of hydrogen-bond acceptors (Lipinski definition) is 6. The van der Waals surface area contributed by atoms with Gasteiger partial charge in [-0.3, -0.25) is 4.79 Å². The van der Waals surface area contributed by atoms with Crippen LogP contribution >= 0.6 is 0 Å². The highest BCUT2D eigenvalue weighted by molar-refractivity contribution is 5.73. The molecular weight excluding hydrogens is 422 g/mol. The smallest absolute Gasteiger partial charge is 0.410 e. The predicted octanol–water partition coefficient (Wildman–Crippen LogP) is 4.41. The number of hydrogen-bond donors (Lipinski definition) is 0. The summed E-state index contributed by atoms with van der Waals surface area (Å²) < 4.78 is 23.2. The number of benzene rings is 2. The second kappa shape index (κ2) is 7.68. The molecule has 7 nitrogen and oxygen atoms in total. The molecule has 7 heteroatoms. The Kier molecular flexibility index (Phi) is 4.75. The molecule has 4 aliphatic rings. The third kappa shape index (κ3) is 3.24. The van der Waals surface area contributed by atoms with Crippen molar-refractivity contribution in [3.05, 3.63) is 58.7 Å². The highest BCUT2D eigenvalue weighted by Crippen LogP contribution is 2.60. The van der Waals surface area contributed by atoms with Gasteiger partial charge in [0, 0.05) is 30.4 Å². The molecule has 6 rings (SSSR count). The van der Waals surface area contributed by atoms with Gasteiger partial charge in [-0.25, -0.2) is 4.79 Å². The number of amides is 1.